The topological polar surface area (TPSA) is 30.7 Å². The molecule has 0 saturated heterocycles. The van der Waals surface area contributed by atoms with Crippen LogP contribution in [-0.2, 0) is 12.0 Å². The Labute approximate surface area is 132 Å². The summed E-state index contributed by atoms with van der Waals surface area (Å²) in [4.78, 5) is 0. The van der Waals surface area contributed by atoms with Crippen molar-refractivity contribution in [2.45, 2.75) is 82.1 Å². The van der Waals surface area contributed by atoms with Gasteiger partial charge < -0.3 is 4.57 Å². The molecule has 3 heteroatoms. The van der Waals surface area contributed by atoms with Gasteiger partial charge in [-0.15, -0.1) is 10.2 Å². The minimum absolute atomic E-state index is 0.420. The zero-order valence-electron chi connectivity index (χ0n) is 13.5. The molecule has 7 rings (SSSR count). The van der Waals surface area contributed by atoms with Crippen LogP contribution in [0.1, 0.15) is 81.8 Å². The van der Waals surface area contributed by atoms with E-state index < -0.39 is 0 Å². The molecular weight excluding hydrogens is 270 g/mol. The van der Waals surface area contributed by atoms with Crippen molar-refractivity contribution in [3.05, 3.63) is 11.6 Å². The van der Waals surface area contributed by atoms with Crippen LogP contribution >= 0.6 is 0 Å². The molecule has 0 unspecified atom stereocenters. The molecule has 0 aromatic carbocycles. The smallest absolute Gasteiger partial charge is 0.139 e. The van der Waals surface area contributed by atoms with Gasteiger partial charge in [0.2, 0.25) is 0 Å². The molecule has 118 valence electrons. The van der Waals surface area contributed by atoms with Crippen LogP contribution in [0.5, 0.6) is 0 Å². The van der Waals surface area contributed by atoms with Gasteiger partial charge in [-0.25, -0.2) is 0 Å². The van der Waals surface area contributed by atoms with Gasteiger partial charge >= 0.3 is 0 Å². The summed E-state index contributed by atoms with van der Waals surface area (Å²) in [6.07, 6.45) is 14.4. The molecule has 6 aliphatic carbocycles. The Kier molecular flexibility index (Phi) is 2.37. The zero-order chi connectivity index (χ0) is 14.3. The second-order valence-corrected chi connectivity index (χ2v) is 9.41. The van der Waals surface area contributed by atoms with Gasteiger partial charge in [0.15, 0.2) is 0 Å². The molecular formula is C19H27N3. The lowest BCUT2D eigenvalue weighted by Crippen LogP contribution is -2.49. The quantitative estimate of drug-likeness (QED) is 0.840. The van der Waals surface area contributed by atoms with Gasteiger partial charge in [-0.05, 0) is 87.9 Å². The Bertz CT molecular complexity index is 573. The molecule has 1 aromatic rings. The highest BCUT2D eigenvalue weighted by Gasteiger charge is 2.54. The molecule has 0 radical (unpaired) electrons. The number of aromatic nitrogens is 3. The Morgan fingerprint density at radius 2 is 1.50 bits per heavy atom. The standard InChI is InChI=1S/C19H27N3/c1-2-12(1)11-22-17(16-3-4-16)20-21-18(22)19-8-13-5-14(9-19)7-15(6-13)10-19/h12-16H,1-11H2. The van der Waals surface area contributed by atoms with Crippen LogP contribution in [-0.4, -0.2) is 14.8 Å². The van der Waals surface area contributed by atoms with E-state index in [1.165, 1.54) is 82.4 Å². The second kappa shape index (κ2) is 4.15. The van der Waals surface area contributed by atoms with Gasteiger partial charge in [-0.1, -0.05) is 0 Å². The van der Waals surface area contributed by atoms with E-state index in [1.807, 2.05) is 0 Å². The van der Waals surface area contributed by atoms with Gasteiger partial charge in [0, 0.05) is 17.9 Å². The number of rotatable bonds is 4. The molecule has 1 aromatic heterocycles. The monoisotopic (exact) mass is 297 g/mol. The van der Waals surface area contributed by atoms with Crippen molar-refractivity contribution < 1.29 is 0 Å². The molecule has 6 aliphatic rings. The van der Waals surface area contributed by atoms with E-state index in [9.17, 15) is 0 Å². The second-order valence-electron chi connectivity index (χ2n) is 9.41. The van der Waals surface area contributed by atoms with E-state index in [0.717, 1.165) is 29.6 Å². The molecule has 6 fully saturated rings. The van der Waals surface area contributed by atoms with E-state index in [4.69, 9.17) is 10.2 Å². The highest BCUT2D eigenvalue weighted by molar-refractivity contribution is 5.21. The first kappa shape index (κ1) is 12.5. The molecule has 1 heterocycles. The van der Waals surface area contributed by atoms with Crippen molar-refractivity contribution in [3.8, 4) is 0 Å². The van der Waals surface area contributed by atoms with Crippen molar-refractivity contribution in [1.29, 1.82) is 0 Å². The van der Waals surface area contributed by atoms with Crippen LogP contribution < -0.4 is 0 Å². The Morgan fingerprint density at radius 1 is 0.864 bits per heavy atom. The third-order valence-corrected chi connectivity index (χ3v) is 7.37. The molecule has 6 saturated carbocycles. The fourth-order valence-electron chi connectivity index (χ4n) is 6.47. The van der Waals surface area contributed by atoms with Crippen molar-refractivity contribution in [1.82, 2.24) is 14.8 Å². The molecule has 0 atom stereocenters. The Morgan fingerprint density at radius 3 is 2.05 bits per heavy atom. The van der Waals surface area contributed by atoms with Crippen molar-refractivity contribution in [2.75, 3.05) is 0 Å². The average Bonchev–Trinajstić information content (AvgIpc) is 3.37. The van der Waals surface area contributed by atoms with Crippen LogP contribution in [0, 0.1) is 23.7 Å². The van der Waals surface area contributed by atoms with Crippen molar-refractivity contribution in [3.63, 3.8) is 0 Å². The summed E-state index contributed by atoms with van der Waals surface area (Å²) in [6.45, 7) is 1.23. The van der Waals surface area contributed by atoms with E-state index in [2.05, 4.69) is 4.57 Å². The summed E-state index contributed by atoms with van der Waals surface area (Å²) in [5, 5.41) is 9.59. The molecule has 3 nitrogen and oxygen atoms in total. The number of nitrogens with zero attached hydrogens (tertiary/aromatic N) is 3. The molecule has 0 N–H and O–H groups in total. The minimum atomic E-state index is 0.420. The maximum absolute atomic E-state index is 4.86. The largest absolute Gasteiger partial charge is 0.314 e. The number of hydrogen-bond acceptors (Lipinski definition) is 2. The average molecular weight is 297 g/mol. The predicted octanol–water partition coefficient (Wildman–Crippen LogP) is 4.03. The Balaban J connectivity index is 1.43. The lowest BCUT2D eigenvalue weighted by molar-refractivity contribution is -0.0113. The maximum Gasteiger partial charge on any atom is 0.139 e. The molecule has 0 aliphatic heterocycles. The molecule has 4 bridgehead atoms. The fraction of sp³-hybridized carbons (Fsp3) is 0.895. The lowest BCUT2D eigenvalue weighted by Gasteiger charge is -2.56. The normalized spacial score (nSPS) is 43.0. The van der Waals surface area contributed by atoms with Crippen molar-refractivity contribution >= 4 is 0 Å². The summed E-state index contributed by atoms with van der Waals surface area (Å²) in [5.74, 6) is 7.47. The lowest BCUT2D eigenvalue weighted by atomic mass is 9.49. The summed E-state index contributed by atoms with van der Waals surface area (Å²) in [6, 6.07) is 0. The van der Waals surface area contributed by atoms with E-state index in [1.54, 1.807) is 0 Å². The maximum atomic E-state index is 4.86. The van der Waals surface area contributed by atoms with E-state index in [0.29, 0.717) is 5.41 Å². The third-order valence-electron chi connectivity index (χ3n) is 7.37. The first-order chi connectivity index (χ1) is 10.8. The third kappa shape index (κ3) is 1.80. The van der Waals surface area contributed by atoms with Crippen LogP contribution in [0.2, 0.25) is 0 Å². The fourth-order valence-corrected chi connectivity index (χ4v) is 6.47. The predicted molar refractivity (Wildman–Crippen MR) is 84.6 cm³/mol. The van der Waals surface area contributed by atoms with Crippen molar-refractivity contribution in [2.24, 2.45) is 23.7 Å². The Hall–Kier alpha value is -0.860. The number of hydrogen-bond donors (Lipinski definition) is 0. The van der Waals surface area contributed by atoms with E-state index >= 15 is 0 Å². The minimum Gasteiger partial charge on any atom is -0.314 e. The van der Waals surface area contributed by atoms with Gasteiger partial charge in [-0.2, -0.15) is 0 Å². The zero-order valence-corrected chi connectivity index (χ0v) is 13.5. The summed E-state index contributed by atoms with van der Waals surface area (Å²) in [5.41, 5.74) is 0.420. The highest BCUT2D eigenvalue weighted by Crippen LogP contribution is 2.60. The molecule has 22 heavy (non-hydrogen) atoms. The first-order valence-electron chi connectivity index (χ1n) is 9.73. The van der Waals surface area contributed by atoms with Crippen LogP contribution in [0.25, 0.3) is 0 Å². The van der Waals surface area contributed by atoms with E-state index in [-0.39, 0.29) is 0 Å². The van der Waals surface area contributed by atoms with Gasteiger partial charge in [0.1, 0.15) is 11.6 Å². The first-order valence-corrected chi connectivity index (χ1v) is 9.73. The van der Waals surface area contributed by atoms with Gasteiger partial charge in [0.25, 0.3) is 0 Å². The molecule has 0 spiro atoms. The van der Waals surface area contributed by atoms with Gasteiger partial charge in [0.05, 0.1) is 0 Å². The molecule has 0 amide bonds. The summed E-state index contributed by atoms with van der Waals surface area (Å²) in [7, 11) is 0. The highest BCUT2D eigenvalue weighted by atomic mass is 15.3. The van der Waals surface area contributed by atoms with Crippen LogP contribution in [0.3, 0.4) is 0 Å². The summed E-state index contributed by atoms with van der Waals surface area (Å²) < 4.78 is 2.64. The SMILES string of the molecule is C1CC1Cn1c(C2CC2)nnc1C12CC3CC(CC(C3)C1)C2. The van der Waals surface area contributed by atoms with Crippen LogP contribution in [0.15, 0.2) is 0 Å². The van der Waals surface area contributed by atoms with Gasteiger partial charge in [-0.3, -0.25) is 0 Å². The summed E-state index contributed by atoms with van der Waals surface area (Å²) >= 11 is 0. The van der Waals surface area contributed by atoms with Crippen LogP contribution in [0.4, 0.5) is 0 Å².